The second kappa shape index (κ2) is 11.0. The molecule has 0 aliphatic rings. The number of rotatable bonds is 7. The van der Waals surface area contributed by atoms with Gasteiger partial charge < -0.3 is 17.7 Å². The van der Waals surface area contributed by atoms with Crippen molar-refractivity contribution in [2.75, 3.05) is 5.32 Å². The van der Waals surface area contributed by atoms with Crippen LogP contribution in [0, 0.1) is 0 Å². The van der Waals surface area contributed by atoms with Crippen molar-refractivity contribution in [3.8, 4) is 11.1 Å². The largest absolute Gasteiger partial charge is 1.00 e. The molecule has 160 valence electrons. The first-order valence-electron chi connectivity index (χ1n) is 10.2. The highest BCUT2D eigenvalue weighted by molar-refractivity contribution is 6.09. The lowest BCUT2D eigenvalue weighted by Gasteiger charge is -2.06. The van der Waals surface area contributed by atoms with Crippen LogP contribution in [0.3, 0.4) is 0 Å². The lowest BCUT2D eigenvalue weighted by molar-refractivity contribution is -0.695. The number of aryl methyl sites for hydroxylation is 1. The molecule has 4 aromatic rings. The number of amides is 1. The summed E-state index contributed by atoms with van der Waals surface area (Å²) in [7, 11) is 0. The number of pyridine rings is 1. The van der Waals surface area contributed by atoms with Crippen LogP contribution in [-0.2, 0) is 11.3 Å². The first kappa shape index (κ1) is 22.9. The Bertz CT molecular complexity index is 1160. The summed E-state index contributed by atoms with van der Waals surface area (Å²) < 4.78 is 1.99. The zero-order valence-corrected chi connectivity index (χ0v) is 18.2. The fraction of sp³-hybridized carbons (Fsp3) is 0.0741. The van der Waals surface area contributed by atoms with Gasteiger partial charge in [-0.2, -0.15) is 0 Å². The van der Waals surface area contributed by atoms with E-state index in [1.54, 1.807) is 36.4 Å². The van der Waals surface area contributed by atoms with Crippen molar-refractivity contribution in [1.82, 2.24) is 0 Å². The van der Waals surface area contributed by atoms with Gasteiger partial charge in [0.05, 0.1) is 6.42 Å². The van der Waals surface area contributed by atoms with Gasteiger partial charge in [-0.1, -0.05) is 60.7 Å². The normalized spacial score (nSPS) is 10.1. The Morgan fingerprint density at radius 3 is 1.81 bits per heavy atom. The van der Waals surface area contributed by atoms with Crippen molar-refractivity contribution in [2.24, 2.45) is 0 Å². The van der Waals surface area contributed by atoms with E-state index in [0.29, 0.717) is 29.8 Å². The summed E-state index contributed by atoms with van der Waals surface area (Å²) in [4.78, 5) is 24.8. The van der Waals surface area contributed by atoms with Gasteiger partial charge in [0.25, 0.3) is 0 Å². The predicted octanol–water partition coefficient (Wildman–Crippen LogP) is 1.90. The molecule has 4 nitrogen and oxygen atoms in total. The van der Waals surface area contributed by atoms with Gasteiger partial charge in [-0.05, 0) is 35.4 Å². The Labute approximate surface area is 194 Å². The van der Waals surface area contributed by atoms with Crippen LogP contribution in [0.2, 0.25) is 0 Å². The second-order valence-electron chi connectivity index (χ2n) is 7.26. The van der Waals surface area contributed by atoms with Gasteiger partial charge in [-0.3, -0.25) is 9.59 Å². The van der Waals surface area contributed by atoms with Gasteiger partial charge in [0.15, 0.2) is 24.7 Å². The Morgan fingerprint density at radius 2 is 1.19 bits per heavy atom. The number of aromatic nitrogens is 1. The molecule has 1 N–H and O–H groups in total. The molecular formula is C27H23ClN2O2. The predicted molar refractivity (Wildman–Crippen MR) is 122 cm³/mol. The molecule has 0 aliphatic carbocycles. The number of hydrogen-bond acceptors (Lipinski definition) is 2. The summed E-state index contributed by atoms with van der Waals surface area (Å²) in [5, 5.41) is 2.89. The summed E-state index contributed by atoms with van der Waals surface area (Å²) in [5.41, 5.74) is 4.24. The third-order valence-corrected chi connectivity index (χ3v) is 5.06. The third kappa shape index (κ3) is 5.90. The SMILES string of the molecule is O=C(CC[n+]1ccc(-c2ccccc2)cc1)Nc1ccc(C(=O)c2ccccc2)cc1.[Cl-]. The van der Waals surface area contributed by atoms with Crippen molar-refractivity contribution in [3.05, 3.63) is 121 Å². The molecule has 5 heteroatoms. The average Bonchev–Trinajstić information content (AvgIpc) is 2.84. The molecule has 0 bridgehead atoms. The first-order valence-corrected chi connectivity index (χ1v) is 10.2. The first-order chi connectivity index (χ1) is 15.2. The van der Waals surface area contributed by atoms with E-state index in [1.165, 1.54) is 5.56 Å². The molecular weight excluding hydrogens is 420 g/mol. The number of carbonyl (C=O) groups excluding carboxylic acids is 2. The number of halogens is 1. The number of carbonyl (C=O) groups is 2. The summed E-state index contributed by atoms with van der Waals surface area (Å²) in [6.45, 7) is 0.589. The van der Waals surface area contributed by atoms with Crippen molar-refractivity contribution < 1.29 is 26.6 Å². The maximum absolute atomic E-state index is 12.5. The van der Waals surface area contributed by atoms with Crippen LogP contribution in [0.15, 0.2) is 109 Å². The quantitative estimate of drug-likeness (QED) is 0.351. The van der Waals surface area contributed by atoms with E-state index in [9.17, 15) is 9.59 Å². The van der Waals surface area contributed by atoms with Crippen LogP contribution < -0.4 is 22.3 Å². The number of nitrogens with zero attached hydrogens (tertiary/aromatic N) is 1. The molecule has 0 fully saturated rings. The van der Waals surface area contributed by atoms with E-state index in [4.69, 9.17) is 0 Å². The Balaban J connectivity index is 0.00000289. The lowest BCUT2D eigenvalue weighted by atomic mass is 10.0. The molecule has 0 saturated carbocycles. The van der Waals surface area contributed by atoms with Gasteiger partial charge in [-0.15, -0.1) is 0 Å². The number of nitrogens with one attached hydrogen (secondary N) is 1. The fourth-order valence-electron chi connectivity index (χ4n) is 3.34. The molecule has 0 atom stereocenters. The minimum atomic E-state index is -0.0678. The Morgan fingerprint density at radius 1 is 0.656 bits per heavy atom. The number of benzene rings is 3. The van der Waals surface area contributed by atoms with Gasteiger partial charge >= 0.3 is 0 Å². The monoisotopic (exact) mass is 442 g/mol. The van der Waals surface area contributed by atoms with E-state index < -0.39 is 0 Å². The molecule has 0 aliphatic heterocycles. The van der Waals surface area contributed by atoms with Crippen molar-refractivity contribution >= 4 is 17.4 Å². The van der Waals surface area contributed by atoms with Gasteiger partial charge in [-0.25, -0.2) is 4.57 Å². The molecule has 4 rings (SSSR count). The van der Waals surface area contributed by atoms with E-state index in [2.05, 4.69) is 29.6 Å². The summed E-state index contributed by atoms with van der Waals surface area (Å²) in [5.74, 6) is -0.101. The highest BCUT2D eigenvalue weighted by Crippen LogP contribution is 2.17. The third-order valence-electron chi connectivity index (χ3n) is 5.06. The maximum atomic E-state index is 12.5. The smallest absolute Gasteiger partial charge is 0.230 e. The van der Waals surface area contributed by atoms with Gasteiger partial charge in [0, 0.05) is 28.9 Å². The van der Waals surface area contributed by atoms with E-state index >= 15 is 0 Å². The van der Waals surface area contributed by atoms with Crippen LogP contribution in [0.5, 0.6) is 0 Å². The van der Waals surface area contributed by atoms with E-state index in [-0.39, 0.29) is 24.1 Å². The topological polar surface area (TPSA) is 50.0 Å². The van der Waals surface area contributed by atoms with Crippen LogP contribution in [-0.4, -0.2) is 11.7 Å². The fourth-order valence-corrected chi connectivity index (χ4v) is 3.34. The van der Waals surface area contributed by atoms with E-state index in [0.717, 1.165) is 5.56 Å². The summed E-state index contributed by atoms with van der Waals surface area (Å²) in [6, 6.07) is 30.4. The lowest BCUT2D eigenvalue weighted by Crippen LogP contribution is -3.00. The van der Waals surface area contributed by atoms with Crippen LogP contribution in [0.25, 0.3) is 11.1 Å². The molecule has 1 amide bonds. The minimum Gasteiger partial charge on any atom is -1.00 e. The number of hydrogen-bond donors (Lipinski definition) is 1. The number of ketones is 1. The van der Waals surface area contributed by atoms with Crippen molar-refractivity contribution in [2.45, 2.75) is 13.0 Å². The zero-order valence-electron chi connectivity index (χ0n) is 17.4. The standard InChI is InChI=1S/C27H22N2O2.ClH/c30-26(17-20-29-18-15-22(16-19-29)21-7-3-1-4-8-21)28-25-13-11-24(12-14-25)27(31)23-9-5-2-6-10-23;/h1-16,18-19H,17,20H2;1H. The molecule has 1 aromatic heterocycles. The van der Waals surface area contributed by atoms with Crippen LogP contribution in [0.4, 0.5) is 5.69 Å². The second-order valence-corrected chi connectivity index (χ2v) is 7.26. The van der Waals surface area contributed by atoms with Crippen molar-refractivity contribution in [1.29, 1.82) is 0 Å². The van der Waals surface area contributed by atoms with Gasteiger partial charge in [0.1, 0.15) is 0 Å². The zero-order chi connectivity index (χ0) is 21.5. The molecule has 3 aromatic carbocycles. The van der Waals surface area contributed by atoms with Crippen molar-refractivity contribution in [3.63, 3.8) is 0 Å². The molecule has 0 saturated heterocycles. The average molecular weight is 443 g/mol. The Kier molecular flexibility index (Phi) is 7.90. The molecule has 1 heterocycles. The Hall–Kier alpha value is -3.76. The van der Waals surface area contributed by atoms with Gasteiger partial charge in [0.2, 0.25) is 5.91 Å². The summed E-state index contributed by atoms with van der Waals surface area (Å²) in [6.07, 6.45) is 4.33. The summed E-state index contributed by atoms with van der Waals surface area (Å²) >= 11 is 0. The van der Waals surface area contributed by atoms with Crippen LogP contribution >= 0.6 is 0 Å². The minimum absolute atomic E-state index is 0. The maximum Gasteiger partial charge on any atom is 0.230 e. The molecule has 0 spiro atoms. The molecule has 0 radical (unpaired) electrons. The highest BCUT2D eigenvalue weighted by Gasteiger charge is 2.10. The number of anilines is 1. The van der Waals surface area contributed by atoms with Crippen LogP contribution in [0.1, 0.15) is 22.3 Å². The highest BCUT2D eigenvalue weighted by atomic mass is 35.5. The molecule has 32 heavy (non-hydrogen) atoms. The molecule has 0 unspecified atom stereocenters. The van der Waals surface area contributed by atoms with E-state index in [1.807, 2.05) is 53.4 Å².